The first-order chi connectivity index (χ1) is 16.9. The molecule has 7 nitrogen and oxygen atoms in total. The molecule has 186 valence electrons. The number of nitrogens with zero attached hydrogens (tertiary/aromatic N) is 3. The average Bonchev–Trinajstić information content (AvgIpc) is 3.10. The molecule has 0 saturated carbocycles. The third-order valence-electron chi connectivity index (χ3n) is 6.65. The van der Waals surface area contributed by atoms with Crippen molar-refractivity contribution in [2.45, 2.75) is 55.2 Å². The quantitative estimate of drug-likeness (QED) is 0.275. The van der Waals surface area contributed by atoms with E-state index in [1.165, 1.54) is 0 Å². The van der Waals surface area contributed by atoms with E-state index in [2.05, 4.69) is 25.2 Å². The Balaban J connectivity index is 1.49. The minimum Gasteiger partial charge on any atom is -0.466 e. The van der Waals surface area contributed by atoms with Gasteiger partial charge in [-0.05, 0) is 24.7 Å². The zero-order valence-electron chi connectivity index (χ0n) is 18.7. The SMILES string of the molecule is CSc1nc2c(F)c(Cl)nc(OC(C(F)F)C3NCC4CCC3N4Cc3ccccc3)c2c(=O)[nH]1. The number of halogens is 4. The van der Waals surface area contributed by atoms with Gasteiger partial charge in [0.05, 0.1) is 6.04 Å². The van der Waals surface area contributed by atoms with Crippen LogP contribution in [0.1, 0.15) is 18.4 Å². The van der Waals surface area contributed by atoms with Crippen molar-refractivity contribution in [2.24, 2.45) is 0 Å². The van der Waals surface area contributed by atoms with E-state index < -0.39 is 41.0 Å². The number of rotatable bonds is 7. The number of H-pyrrole nitrogens is 1. The smallest absolute Gasteiger partial charge is 0.276 e. The van der Waals surface area contributed by atoms with E-state index in [9.17, 15) is 18.0 Å². The number of ether oxygens (including phenoxy) is 1. The Labute approximate surface area is 208 Å². The van der Waals surface area contributed by atoms with Gasteiger partial charge in [-0.15, -0.1) is 0 Å². The third kappa shape index (κ3) is 4.62. The summed E-state index contributed by atoms with van der Waals surface area (Å²) in [7, 11) is 0. The predicted octanol–water partition coefficient (Wildman–Crippen LogP) is 3.85. The van der Waals surface area contributed by atoms with Crippen LogP contribution in [0.5, 0.6) is 5.88 Å². The van der Waals surface area contributed by atoms with E-state index in [0.717, 1.165) is 30.2 Å². The minimum absolute atomic E-state index is 0.155. The number of benzene rings is 1. The normalized spacial score (nSPS) is 23.2. The summed E-state index contributed by atoms with van der Waals surface area (Å²) >= 11 is 7.02. The summed E-state index contributed by atoms with van der Waals surface area (Å²) in [5.74, 6) is -1.47. The fraction of sp³-hybridized carbons (Fsp3) is 0.435. The molecule has 2 bridgehead atoms. The maximum absolute atomic E-state index is 14.7. The maximum atomic E-state index is 14.7. The molecule has 4 heterocycles. The topological polar surface area (TPSA) is 83.1 Å². The lowest BCUT2D eigenvalue weighted by molar-refractivity contribution is -0.0423. The Morgan fingerprint density at radius 2 is 2.03 bits per heavy atom. The van der Waals surface area contributed by atoms with Crippen LogP contribution in [0.2, 0.25) is 5.15 Å². The maximum Gasteiger partial charge on any atom is 0.276 e. The van der Waals surface area contributed by atoms with Gasteiger partial charge in [0.2, 0.25) is 5.88 Å². The minimum atomic E-state index is -2.90. The molecule has 4 atom stereocenters. The van der Waals surface area contributed by atoms with Crippen LogP contribution < -0.4 is 15.6 Å². The molecular formula is C23H23ClF3N5O2S. The van der Waals surface area contributed by atoms with Crippen molar-refractivity contribution in [1.82, 2.24) is 25.2 Å². The number of hydrogen-bond donors (Lipinski definition) is 2. The Morgan fingerprint density at radius 1 is 1.26 bits per heavy atom. The molecule has 2 aliphatic rings. The molecule has 0 aliphatic carbocycles. The lowest BCUT2D eigenvalue weighted by Gasteiger charge is -2.43. The lowest BCUT2D eigenvalue weighted by atomic mass is 9.98. The molecule has 4 unspecified atom stereocenters. The number of aromatic nitrogens is 3. The largest absolute Gasteiger partial charge is 0.466 e. The van der Waals surface area contributed by atoms with Gasteiger partial charge < -0.3 is 15.0 Å². The summed E-state index contributed by atoms with van der Waals surface area (Å²) in [6.45, 7) is 1.16. The highest BCUT2D eigenvalue weighted by Crippen LogP contribution is 2.36. The van der Waals surface area contributed by atoms with Crippen molar-refractivity contribution in [3.63, 3.8) is 0 Å². The summed E-state index contributed by atoms with van der Waals surface area (Å²) in [4.78, 5) is 25.3. The monoisotopic (exact) mass is 525 g/mol. The molecule has 12 heteroatoms. The molecule has 0 amide bonds. The van der Waals surface area contributed by atoms with Crippen molar-refractivity contribution in [3.8, 4) is 5.88 Å². The molecule has 5 rings (SSSR count). The van der Waals surface area contributed by atoms with Crippen molar-refractivity contribution in [3.05, 3.63) is 57.2 Å². The van der Waals surface area contributed by atoms with Crippen molar-refractivity contribution >= 4 is 34.3 Å². The van der Waals surface area contributed by atoms with Crippen LogP contribution in [0.25, 0.3) is 10.9 Å². The summed E-state index contributed by atoms with van der Waals surface area (Å²) in [6, 6.07) is 9.13. The highest BCUT2D eigenvalue weighted by atomic mass is 35.5. The van der Waals surface area contributed by atoms with Crippen molar-refractivity contribution < 1.29 is 17.9 Å². The Morgan fingerprint density at radius 3 is 2.74 bits per heavy atom. The molecule has 2 N–H and O–H groups in total. The fourth-order valence-electron chi connectivity index (χ4n) is 5.05. The van der Waals surface area contributed by atoms with Crippen LogP contribution in [0.15, 0.2) is 40.3 Å². The van der Waals surface area contributed by atoms with Crippen LogP contribution in [0.4, 0.5) is 13.2 Å². The first kappa shape index (κ1) is 24.4. The fourth-order valence-corrected chi connectivity index (χ4v) is 5.59. The molecule has 3 aromatic rings. The number of fused-ring (bicyclic) bond motifs is 3. The predicted molar refractivity (Wildman–Crippen MR) is 128 cm³/mol. The Hall–Kier alpha value is -2.34. The second-order valence-electron chi connectivity index (χ2n) is 8.63. The summed E-state index contributed by atoms with van der Waals surface area (Å²) < 4.78 is 49.2. The van der Waals surface area contributed by atoms with Crippen molar-refractivity contribution in [1.29, 1.82) is 0 Å². The van der Waals surface area contributed by atoms with E-state index in [-0.39, 0.29) is 28.1 Å². The Bertz CT molecular complexity index is 1280. The van der Waals surface area contributed by atoms with Gasteiger partial charge in [0.25, 0.3) is 12.0 Å². The van der Waals surface area contributed by atoms with E-state index in [1.54, 1.807) is 6.26 Å². The number of nitrogens with one attached hydrogen (secondary N) is 2. The lowest BCUT2D eigenvalue weighted by Crippen LogP contribution is -2.64. The third-order valence-corrected chi connectivity index (χ3v) is 7.48. The molecule has 2 aliphatic heterocycles. The number of aromatic amines is 1. The molecule has 2 fully saturated rings. The number of alkyl halides is 2. The van der Waals surface area contributed by atoms with Gasteiger partial charge in [0.15, 0.2) is 22.2 Å². The molecule has 35 heavy (non-hydrogen) atoms. The average molecular weight is 526 g/mol. The van der Waals surface area contributed by atoms with Gasteiger partial charge in [0.1, 0.15) is 10.9 Å². The second-order valence-corrected chi connectivity index (χ2v) is 9.78. The van der Waals surface area contributed by atoms with E-state index in [0.29, 0.717) is 13.1 Å². The number of hydrogen-bond acceptors (Lipinski definition) is 7. The summed E-state index contributed by atoms with van der Waals surface area (Å²) in [5.41, 5.74) is -0.0160. The van der Waals surface area contributed by atoms with Gasteiger partial charge in [-0.3, -0.25) is 9.69 Å². The number of pyridine rings is 1. The van der Waals surface area contributed by atoms with E-state index >= 15 is 0 Å². The standard InChI is InChI=1S/C23H23ClF3N5O2S/c1-35-23-29-17-14(21(33)31-23)22(30-19(24)15(17)25)34-18(20(26)27)16-13-8-7-12(9-28-16)32(13)10-11-5-3-2-4-6-11/h2-6,12-13,16,18,20,28H,7-10H2,1H3,(H,29,31,33). The van der Waals surface area contributed by atoms with Crippen LogP contribution in [0, 0.1) is 5.82 Å². The number of thioether (sulfide) groups is 1. The van der Waals surface area contributed by atoms with E-state index in [4.69, 9.17) is 16.3 Å². The van der Waals surface area contributed by atoms with Gasteiger partial charge in [-0.25, -0.2) is 18.2 Å². The highest BCUT2D eigenvalue weighted by molar-refractivity contribution is 7.98. The molecule has 0 spiro atoms. The zero-order valence-corrected chi connectivity index (χ0v) is 20.3. The zero-order chi connectivity index (χ0) is 24.7. The van der Waals surface area contributed by atoms with Gasteiger partial charge >= 0.3 is 0 Å². The Kier molecular flexibility index (Phi) is 6.93. The summed E-state index contributed by atoms with van der Waals surface area (Å²) in [6.07, 6.45) is -1.30. The van der Waals surface area contributed by atoms with E-state index in [1.807, 2.05) is 30.3 Å². The first-order valence-electron chi connectivity index (χ1n) is 11.2. The highest BCUT2D eigenvalue weighted by Gasteiger charge is 2.48. The first-order valence-corrected chi connectivity index (χ1v) is 12.8. The molecule has 1 aromatic carbocycles. The van der Waals surface area contributed by atoms with Crippen LogP contribution in [-0.2, 0) is 6.54 Å². The molecular weight excluding hydrogens is 503 g/mol. The van der Waals surface area contributed by atoms with Crippen LogP contribution in [-0.4, -0.2) is 63.3 Å². The molecule has 0 radical (unpaired) electrons. The number of piperazine rings is 1. The van der Waals surface area contributed by atoms with Gasteiger partial charge in [0, 0.05) is 25.2 Å². The second kappa shape index (κ2) is 9.96. The van der Waals surface area contributed by atoms with Gasteiger partial charge in [-0.2, -0.15) is 4.98 Å². The molecule has 2 aromatic heterocycles. The van der Waals surface area contributed by atoms with Gasteiger partial charge in [-0.1, -0.05) is 53.7 Å². The summed E-state index contributed by atoms with van der Waals surface area (Å²) in [5, 5.41) is 2.42. The van der Waals surface area contributed by atoms with Crippen molar-refractivity contribution in [2.75, 3.05) is 12.8 Å². The molecule has 2 saturated heterocycles. The van der Waals surface area contributed by atoms with Crippen LogP contribution >= 0.6 is 23.4 Å². The van der Waals surface area contributed by atoms with Crippen LogP contribution in [0.3, 0.4) is 0 Å².